The van der Waals surface area contributed by atoms with E-state index in [2.05, 4.69) is 10.2 Å². The lowest BCUT2D eigenvalue weighted by atomic mass is 10.1. The lowest BCUT2D eigenvalue weighted by Crippen LogP contribution is -2.44. The van der Waals surface area contributed by atoms with Crippen molar-refractivity contribution in [1.29, 1.82) is 0 Å². The first-order valence-electron chi connectivity index (χ1n) is 8.61. The molecule has 2 nitrogen and oxygen atoms in total. The van der Waals surface area contributed by atoms with E-state index in [1.807, 2.05) is 6.92 Å². The molecule has 23 heavy (non-hydrogen) atoms. The van der Waals surface area contributed by atoms with Crippen LogP contribution in [0.15, 0.2) is 24.3 Å². The molecule has 0 radical (unpaired) electrons. The van der Waals surface area contributed by atoms with E-state index in [-0.39, 0.29) is 0 Å². The second-order valence-corrected chi connectivity index (χ2v) is 6.29. The zero-order chi connectivity index (χ0) is 16.7. The highest BCUT2D eigenvalue weighted by molar-refractivity contribution is 5.25. The maximum absolute atomic E-state index is 12.1. The number of alkyl halides is 3. The molecule has 2 aliphatic rings. The molecule has 0 amide bonds. The zero-order valence-electron chi connectivity index (χ0n) is 13.8. The minimum Gasteiger partial charge on any atom is -0.315 e. The number of hydrogen-bond acceptors (Lipinski definition) is 2. The Morgan fingerprint density at radius 1 is 1.17 bits per heavy atom. The summed E-state index contributed by atoms with van der Waals surface area (Å²) in [4.78, 5) is 2.66. The van der Waals surface area contributed by atoms with Crippen molar-refractivity contribution in [2.45, 2.75) is 51.2 Å². The molecule has 0 spiro atoms. The van der Waals surface area contributed by atoms with Gasteiger partial charge in [-0.3, -0.25) is 4.90 Å². The molecule has 0 aliphatic carbocycles. The maximum Gasteiger partial charge on any atom is 0.416 e. The molecule has 2 fully saturated rings. The highest BCUT2D eigenvalue weighted by Crippen LogP contribution is 2.29. The van der Waals surface area contributed by atoms with Crippen molar-refractivity contribution >= 4 is 0 Å². The van der Waals surface area contributed by atoms with Gasteiger partial charge in [-0.2, -0.15) is 13.2 Å². The fraction of sp³-hybridized carbons (Fsp3) is 0.667. The third kappa shape index (κ3) is 5.81. The monoisotopic (exact) mass is 328 g/mol. The number of benzene rings is 1. The van der Waals surface area contributed by atoms with E-state index in [0.29, 0.717) is 12.0 Å². The van der Waals surface area contributed by atoms with Gasteiger partial charge in [-0.05, 0) is 63.4 Å². The Bertz CT molecular complexity index is 462. The molecule has 5 heteroatoms. The third-order valence-electron chi connectivity index (χ3n) is 4.59. The second kappa shape index (κ2) is 8.69. The van der Waals surface area contributed by atoms with Gasteiger partial charge < -0.3 is 5.32 Å². The van der Waals surface area contributed by atoms with E-state index in [4.69, 9.17) is 0 Å². The van der Waals surface area contributed by atoms with Crippen LogP contribution < -0.4 is 5.32 Å². The van der Waals surface area contributed by atoms with Gasteiger partial charge in [0.05, 0.1) is 5.56 Å². The molecule has 2 saturated heterocycles. The van der Waals surface area contributed by atoms with Crippen LogP contribution in [-0.2, 0) is 12.6 Å². The van der Waals surface area contributed by atoms with Crippen molar-refractivity contribution in [2.24, 2.45) is 0 Å². The minimum atomic E-state index is -4.22. The molecule has 3 rings (SSSR count). The number of aryl methyl sites for hydroxylation is 1. The Hall–Kier alpha value is -1.07. The van der Waals surface area contributed by atoms with Crippen LogP contribution in [0.3, 0.4) is 0 Å². The Morgan fingerprint density at radius 2 is 1.91 bits per heavy atom. The fourth-order valence-electron chi connectivity index (χ4n) is 3.22. The molecule has 1 aromatic carbocycles. The number of halogens is 3. The van der Waals surface area contributed by atoms with Gasteiger partial charge in [0.2, 0.25) is 0 Å². The molecule has 1 atom stereocenters. The van der Waals surface area contributed by atoms with Crippen molar-refractivity contribution in [2.75, 3.05) is 26.2 Å². The summed E-state index contributed by atoms with van der Waals surface area (Å²) >= 11 is 0. The summed E-state index contributed by atoms with van der Waals surface area (Å²) in [6, 6.07) is 6.25. The maximum atomic E-state index is 12.1. The molecule has 1 N–H and O–H groups in total. The van der Waals surface area contributed by atoms with E-state index in [1.54, 1.807) is 6.07 Å². The third-order valence-corrected chi connectivity index (χ3v) is 4.59. The molecule has 1 unspecified atom stereocenters. The molecule has 2 aliphatic heterocycles. The van der Waals surface area contributed by atoms with Gasteiger partial charge in [0.25, 0.3) is 0 Å². The van der Waals surface area contributed by atoms with Gasteiger partial charge >= 0.3 is 6.18 Å². The summed E-state index contributed by atoms with van der Waals surface area (Å²) in [5.41, 5.74) is 0.145. The SMILES string of the molecule is C1CNCC(N2CCCC2)C1.CCc1cccc(C(F)(F)F)c1. The summed E-state index contributed by atoms with van der Waals surface area (Å²) in [5, 5.41) is 3.47. The number of hydrogen-bond donors (Lipinski definition) is 1. The molecule has 2 heterocycles. The van der Waals surface area contributed by atoms with Crippen LogP contribution in [0.2, 0.25) is 0 Å². The summed E-state index contributed by atoms with van der Waals surface area (Å²) in [6.45, 7) is 7.01. The van der Waals surface area contributed by atoms with Crippen LogP contribution in [0.25, 0.3) is 0 Å². The van der Waals surface area contributed by atoms with Gasteiger partial charge in [-0.25, -0.2) is 0 Å². The number of piperidine rings is 1. The van der Waals surface area contributed by atoms with Gasteiger partial charge in [-0.15, -0.1) is 0 Å². The lowest BCUT2D eigenvalue weighted by molar-refractivity contribution is -0.137. The van der Waals surface area contributed by atoms with Crippen molar-refractivity contribution in [3.8, 4) is 0 Å². The number of nitrogens with zero attached hydrogens (tertiary/aromatic N) is 1. The molecular formula is C18H27F3N2. The summed E-state index contributed by atoms with van der Waals surface area (Å²) in [6.07, 6.45) is 2.07. The van der Waals surface area contributed by atoms with Crippen LogP contribution in [0.4, 0.5) is 13.2 Å². The topological polar surface area (TPSA) is 15.3 Å². The van der Waals surface area contributed by atoms with E-state index < -0.39 is 11.7 Å². The predicted molar refractivity (Wildman–Crippen MR) is 87.5 cm³/mol. The largest absolute Gasteiger partial charge is 0.416 e. The molecular weight excluding hydrogens is 301 g/mol. The number of likely N-dealkylation sites (tertiary alicyclic amines) is 1. The molecule has 0 aromatic heterocycles. The van der Waals surface area contributed by atoms with E-state index >= 15 is 0 Å². The summed E-state index contributed by atoms with van der Waals surface area (Å²) in [5.74, 6) is 0. The molecule has 0 saturated carbocycles. The molecule has 130 valence electrons. The summed E-state index contributed by atoms with van der Waals surface area (Å²) in [7, 11) is 0. The smallest absolute Gasteiger partial charge is 0.315 e. The van der Waals surface area contributed by atoms with Crippen LogP contribution in [0.1, 0.15) is 43.7 Å². The highest BCUT2D eigenvalue weighted by atomic mass is 19.4. The van der Waals surface area contributed by atoms with Crippen molar-refractivity contribution in [1.82, 2.24) is 10.2 Å². The van der Waals surface area contributed by atoms with E-state index in [9.17, 15) is 13.2 Å². The number of nitrogens with one attached hydrogen (secondary N) is 1. The van der Waals surface area contributed by atoms with E-state index in [1.165, 1.54) is 64.0 Å². The quantitative estimate of drug-likeness (QED) is 0.879. The van der Waals surface area contributed by atoms with Gasteiger partial charge in [-0.1, -0.05) is 25.1 Å². The van der Waals surface area contributed by atoms with Crippen molar-refractivity contribution < 1.29 is 13.2 Å². The first-order chi connectivity index (χ1) is 11.0. The lowest BCUT2D eigenvalue weighted by Gasteiger charge is -2.31. The average Bonchev–Trinajstić information content (AvgIpc) is 3.10. The average molecular weight is 328 g/mol. The van der Waals surface area contributed by atoms with Crippen LogP contribution in [0, 0.1) is 0 Å². The Balaban J connectivity index is 0.000000167. The predicted octanol–water partition coefficient (Wildman–Crippen LogP) is 4.10. The van der Waals surface area contributed by atoms with Crippen molar-refractivity contribution in [3.63, 3.8) is 0 Å². The highest BCUT2D eigenvalue weighted by Gasteiger charge is 2.30. The standard InChI is InChI=1S/C9H9F3.C9H18N2/c1-2-7-4-3-5-8(6-7)9(10,11)12;1-2-7-11(6-1)9-4-3-5-10-8-9/h3-6H,2H2,1H3;9-10H,1-8H2. The first kappa shape index (κ1) is 18.3. The molecule has 1 aromatic rings. The van der Waals surface area contributed by atoms with E-state index in [0.717, 1.165) is 12.1 Å². The van der Waals surface area contributed by atoms with Gasteiger partial charge in [0.1, 0.15) is 0 Å². The Morgan fingerprint density at radius 3 is 2.48 bits per heavy atom. The normalized spacial score (nSPS) is 22.5. The zero-order valence-corrected chi connectivity index (χ0v) is 13.8. The van der Waals surface area contributed by atoms with Gasteiger partial charge in [0, 0.05) is 12.6 Å². The Kier molecular flexibility index (Phi) is 6.90. The second-order valence-electron chi connectivity index (χ2n) is 6.29. The molecule has 0 bridgehead atoms. The van der Waals surface area contributed by atoms with Crippen molar-refractivity contribution in [3.05, 3.63) is 35.4 Å². The van der Waals surface area contributed by atoms with Crippen LogP contribution >= 0.6 is 0 Å². The first-order valence-corrected chi connectivity index (χ1v) is 8.61. The number of rotatable bonds is 2. The fourth-order valence-corrected chi connectivity index (χ4v) is 3.22. The van der Waals surface area contributed by atoms with Crippen LogP contribution in [-0.4, -0.2) is 37.1 Å². The minimum absolute atomic E-state index is 0.568. The Labute approximate surface area is 137 Å². The van der Waals surface area contributed by atoms with Gasteiger partial charge in [0.15, 0.2) is 0 Å². The van der Waals surface area contributed by atoms with Crippen LogP contribution in [0.5, 0.6) is 0 Å². The summed E-state index contributed by atoms with van der Waals surface area (Å²) < 4.78 is 36.3.